The zero-order chi connectivity index (χ0) is 27.6. The molecule has 38 heavy (non-hydrogen) atoms. The molecule has 4 rings (SSSR count). The number of hydrogen-bond acceptors (Lipinski definition) is 6. The quantitative estimate of drug-likeness (QED) is 0.492. The molecular formula is C29H40N6O3. The maximum Gasteiger partial charge on any atom is 0.407 e. The number of carbonyl (C=O) groups is 2. The molecule has 1 N–H and O–H groups in total. The minimum atomic E-state index is -0.548. The number of anilines is 1. The van der Waals surface area contributed by atoms with Crippen molar-refractivity contribution in [3.8, 4) is 11.1 Å². The van der Waals surface area contributed by atoms with E-state index in [0.717, 1.165) is 47.4 Å². The van der Waals surface area contributed by atoms with Crippen molar-refractivity contribution >= 4 is 28.9 Å². The highest BCUT2D eigenvalue weighted by atomic mass is 16.6. The number of aryl methyl sites for hydroxylation is 1. The van der Waals surface area contributed by atoms with E-state index in [1.165, 1.54) is 0 Å². The van der Waals surface area contributed by atoms with Gasteiger partial charge in [-0.3, -0.25) is 9.48 Å². The maximum atomic E-state index is 13.6. The van der Waals surface area contributed by atoms with Gasteiger partial charge in [0.25, 0.3) is 5.91 Å². The van der Waals surface area contributed by atoms with Gasteiger partial charge in [-0.1, -0.05) is 18.2 Å². The molecule has 1 fully saturated rings. The number of alkyl carbamates (subject to hydrolysis) is 1. The zero-order valence-electron chi connectivity index (χ0n) is 23.6. The first-order chi connectivity index (χ1) is 18.0. The Balaban J connectivity index is 1.72. The highest BCUT2D eigenvalue weighted by Gasteiger charge is 2.27. The molecule has 9 heteroatoms. The van der Waals surface area contributed by atoms with E-state index in [1.54, 1.807) is 4.68 Å². The smallest absolute Gasteiger partial charge is 0.407 e. The molecular weight excluding hydrogens is 480 g/mol. The second-order valence-corrected chi connectivity index (χ2v) is 11.2. The molecule has 1 aliphatic heterocycles. The summed E-state index contributed by atoms with van der Waals surface area (Å²) in [5.74, 6) is 0.804. The van der Waals surface area contributed by atoms with Crippen LogP contribution >= 0.6 is 0 Å². The van der Waals surface area contributed by atoms with E-state index in [-0.39, 0.29) is 18.0 Å². The van der Waals surface area contributed by atoms with Crippen LogP contribution in [0.2, 0.25) is 0 Å². The van der Waals surface area contributed by atoms with Gasteiger partial charge in [0, 0.05) is 49.7 Å². The Labute approximate surface area is 225 Å². The third-order valence-corrected chi connectivity index (χ3v) is 6.83. The van der Waals surface area contributed by atoms with Gasteiger partial charge in [0.1, 0.15) is 11.4 Å². The number of hydrogen-bond donors (Lipinski definition) is 1. The van der Waals surface area contributed by atoms with Crippen molar-refractivity contribution in [2.24, 2.45) is 7.05 Å². The summed E-state index contributed by atoms with van der Waals surface area (Å²) in [7, 11) is 1.88. The van der Waals surface area contributed by atoms with Crippen LogP contribution in [0, 0.1) is 0 Å². The summed E-state index contributed by atoms with van der Waals surface area (Å²) in [6.07, 6.45) is 3.19. The predicted molar refractivity (Wildman–Crippen MR) is 150 cm³/mol. The number of fused-ring (bicyclic) bond motifs is 1. The topological polar surface area (TPSA) is 92.6 Å². The number of nitrogens with one attached hydrogen (secondary N) is 1. The van der Waals surface area contributed by atoms with Gasteiger partial charge < -0.3 is 19.9 Å². The Morgan fingerprint density at radius 3 is 2.63 bits per heavy atom. The second kappa shape index (κ2) is 11.0. The van der Waals surface area contributed by atoms with Gasteiger partial charge in [-0.25, -0.2) is 9.78 Å². The molecule has 1 aromatic carbocycles. The van der Waals surface area contributed by atoms with E-state index in [2.05, 4.69) is 21.4 Å². The summed E-state index contributed by atoms with van der Waals surface area (Å²) in [4.78, 5) is 35.0. The fourth-order valence-electron chi connectivity index (χ4n) is 5.07. The second-order valence-electron chi connectivity index (χ2n) is 11.2. The third kappa shape index (κ3) is 5.92. The molecule has 0 radical (unpaired) electrons. The van der Waals surface area contributed by atoms with Gasteiger partial charge in [-0.05, 0) is 77.6 Å². The first-order valence-corrected chi connectivity index (χ1v) is 13.5. The number of benzene rings is 1. The van der Waals surface area contributed by atoms with Crippen LogP contribution in [-0.4, -0.2) is 69.0 Å². The van der Waals surface area contributed by atoms with E-state index in [4.69, 9.17) is 9.72 Å². The fraction of sp³-hybridized carbons (Fsp3) is 0.517. The van der Waals surface area contributed by atoms with E-state index >= 15 is 0 Å². The average Bonchev–Trinajstić information content (AvgIpc) is 3.23. The summed E-state index contributed by atoms with van der Waals surface area (Å²) in [5, 5.41) is 8.39. The van der Waals surface area contributed by atoms with Crippen LogP contribution < -0.4 is 10.2 Å². The van der Waals surface area contributed by atoms with Crippen LogP contribution in [0.25, 0.3) is 22.2 Å². The van der Waals surface area contributed by atoms with Crippen LogP contribution in [-0.2, 0) is 11.8 Å². The highest BCUT2D eigenvalue weighted by molar-refractivity contribution is 6.05. The SMILES string of the molecule is CCN(C(=O)c1ccccc1-c1cc(N2CCCC(NC(=O)OC(C)(C)C)C2)nc2c1cnn2C)C(C)C. The van der Waals surface area contributed by atoms with Crippen molar-refractivity contribution in [1.82, 2.24) is 25.0 Å². The van der Waals surface area contributed by atoms with Crippen LogP contribution in [0.15, 0.2) is 36.5 Å². The number of nitrogens with zero attached hydrogens (tertiary/aromatic N) is 5. The number of carbonyl (C=O) groups excluding carboxylic acids is 2. The number of rotatable bonds is 6. The molecule has 0 saturated carbocycles. The molecule has 0 bridgehead atoms. The molecule has 2 aromatic heterocycles. The average molecular weight is 521 g/mol. The molecule has 9 nitrogen and oxygen atoms in total. The lowest BCUT2D eigenvalue weighted by molar-refractivity contribution is 0.0499. The molecule has 1 saturated heterocycles. The van der Waals surface area contributed by atoms with Crippen LogP contribution in [0.3, 0.4) is 0 Å². The monoisotopic (exact) mass is 520 g/mol. The van der Waals surface area contributed by atoms with E-state index in [9.17, 15) is 9.59 Å². The minimum Gasteiger partial charge on any atom is -0.444 e. The molecule has 1 aliphatic rings. The Morgan fingerprint density at radius 1 is 1.21 bits per heavy atom. The van der Waals surface area contributed by atoms with Crippen molar-refractivity contribution in [3.63, 3.8) is 0 Å². The number of piperidine rings is 1. The Kier molecular flexibility index (Phi) is 7.94. The van der Waals surface area contributed by atoms with Gasteiger partial charge in [0.05, 0.1) is 6.20 Å². The third-order valence-electron chi connectivity index (χ3n) is 6.83. The number of ether oxygens (including phenoxy) is 1. The highest BCUT2D eigenvalue weighted by Crippen LogP contribution is 2.34. The van der Waals surface area contributed by atoms with Gasteiger partial charge >= 0.3 is 6.09 Å². The summed E-state index contributed by atoms with van der Waals surface area (Å²) < 4.78 is 7.23. The molecule has 2 amide bonds. The van der Waals surface area contributed by atoms with Gasteiger partial charge in [-0.15, -0.1) is 0 Å². The molecule has 1 unspecified atom stereocenters. The predicted octanol–water partition coefficient (Wildman–Crippen LogP) is 5.00. The van der Waals surface area contributed by atoms with E-state index in [0.29, 0.717) is 18.7 Å². The Morgan fingerprint density at radius 2 is 1.95 bits per heavy atom. The van der Waals surface area contributed by atoms with Crippen molar-refractivity contribution in [3.05, 3.63) is 42.1 Å². The van der Waals surface area contributed by atoms with Crippen molar-refractivity contribution in [2.75, 3.05) is 24.5 Å². The molecule has 3 heterocycles. The van der Waals surface area contributed by atoms with Crippen molar-refractivity contribution in [1.29, 1.82) is 0 Å². The van der Waals surface area contributed by atoms with Gasteiger partial charge in [0.15, 0.2) is 5.65 Å². The summed E-state index contributed by atoms with van der Waals surface area (Å²) in [6, 6.07) is 9.85. The van der Waals surface area contributed by atoms with Crippen molar-refractivity contribution in [2.45, 2.75) is 72.1 Å². The molecule has 1 atom stereocenters. The van der Waals surface area contributed by atoms with E-state index < -0.39 is 11.7 Å². The number of amides is 2. The molecule has 0 aliphatic carbocycles. The van der Waals surface area contributed by atoms with Gasteiger partial charge in [-0.2, -0.15) is 5.10 Å². The van der Waals surface area contributed by atoms with Crippen LogP contribution in [0.5, 0.6) is 0 Å². The molecule has 0 spiro atoms. The lowest BCUT2D eigenvalue weighted by atomic mass is 9.96. The number of aromatic nitrogens is 3. The standard InChI is InChI=1S/C29H40N6O3/c1-8-35(19(2)3)27(36)22-14-10-9-13-21(22)23-16-25(32-26-24(23)17-30-33(26)7)34-15-11-12-20(18-34)31-28(37)38-29(4,5)6/h9-10,13-14,16-17,19-20H,8,11-12,15,18H2,1-7H3,(H,31,37). The largest absolute Gasteiger partial charge is 0.444 e. The van der Waals surface area contributed by atoms with Crippen molar-refractivity contribution < 1.29 is 14.3 Å². The van der Waals surface area contributed by atoms with Gasteiger partial charge in [0.2, 0.25) is 0 Å². The number of pyridine rings is 1. The summed E-state index contributed by atoms with van der Waals surface area (Å²) in [5.41, 5.74) is 2.64. The minimum absolute atomic E-state index is 0.00750. The first-order valence-electron chi connectivity index (χ1n) is 13.5. The Hall–Kier alpha value is -3.62. The fourth-order valence-corrected chi connectivity index (χ4v) is 5.07. The zero-order valence-corrected chi connectivity index (χ0v) is 23.6. The van der Waals surface area contributed by atoms with E-state index in [1.807, 2.05) is 84.0 Å². The summed E-state index contributed by atoms with van der Waals surface area (Å²) >= 11 is 0. The Bertz CT molecular complexity index is 1310. The van der Waals surface area contributed by atoms with Crippen LogP contribution in [0.4, 0.5) is 10.6 Å². The lowest BCUT2D eigenvalue weighted by Crippen LogP contribution is -2.49. The molecule has 204 valence electrons. The summed E-state index contributed by atoms with van der Waals surface area (Å²) in [6.45, 7) is 13.7. The first kappa shape index (κ1) is 27.4. The molecule has 3 aromatic rings. The normalized spacial score (nSPS) is 16.1. The van der Waals surface area contributed by atoms with Crippen LogP contribution in [0.1, 0.15) is 64.7 Å². The lowest BCUT2D eigenvalue weighted by Gasteiger charge is -2.34. The maximum absolute atomic E-state index is 13.6.